The smallest absolute Gasteiger partial charge is 0.311 e. The van der Waals surface area contributed by atoms with Crippen LogP contribution >= 0.6 is 0 Å². The van der Waals surface area contributed by atoms with Crippen LogP contribution in [0.25, 0.3) is 0 Å². The quantitative estimate of drug-likeness (QED) is 0.542. The zero-order chi connectivity index (χ0) is 10.6. The van der Waals surface area contributed by atoms with Crippen molar-refractivity contribution < 1.29 is 14.6 Å². The first-order chi connectivity index (χ1) is 6.60. The number of hydrogen-bond donors (Lipinski definition) is 1. The first-order valence-electron chi connectivity index (χ1n) is 5.08. The van der Waals surface area contributed by atoms with E-state index < -0.39 is 11.5 Å². The maximum absolute atomic E-state index is 11.3. The van der Waals surface area contributed by atoms with Crippen molar-refractivity contribution in [1.29, 1.82) is 0 Å². The van der Waals surface area contributed by atoms with Crippen LogP contribution in [0.15, 0.2) is 12.2 Å². The van der Waals surface area contributed by atoms with E-state index in [9.17, 15) is 9.90 Å². The van der Waals surface area contributed by atoms with Crippen LogP contribution in [0.1, 0.15) is 32.6 Å². The summed E-state index contributed by atoms with van der Waals surface area (Å²) in [4.78, 5) is 11.3. The number of allylic oxidation sites excluding steroid dienone is 1. The van der Waals surface area contributed by atoms with Gasteiger partial charge in [-0.25, -0.2) is 0 Å². The molecule has 0 heterocycles. The highest BCUT2D eigenvalue weighted by molar-refractivity contribution is 5.73. The summed E-state index contributed by atoms with van der Waals surface area (Å²) in [5.41, 5.74) is -1.01. The van der Waals surface area contributed by atoms with Gasteiger partial charge in [0.2, 0.25) is 0 Å². The Morgan fingerprint density at radius 3 is 2.93 bits per heavy atom. The Balaban J connectivity index is 2.75. The molecular weight excluding hydrogens is 180 g/mol. The van der Waals surface area contributed by atoms with Gasteiger partial charge in [0.15, 0.2) is 0 Å². The van der Waals surface area contributed by atoms with E-state index >= 15 is 0 Å². The maximum Gasteiger partial charge on any atom is 0.311 e. The van der Waals surface area contributed by atoms with E-state index in [-0.39, 0.29) is 5.97 Å². The first-order valence-corrected chi connectivity index (χ1v) is 5.08. The number of methoxy groups -OCH3 is 1. The summed E-state index contributed by atoms with van der Waals surface area (Å²) in [5, 5.41) is 10.2. The van der Waals surface area contributed by atoms with Crippen LogP contribution < -0.4 is 0 Å². The minimum absolute atomic E-state index is 0.348. The molecule has 0 spiro atoms. The number of hydrogen-bond acceptors (Lipinski definition) is 3. The molecule has 0 aliphatic heterocycles. The number of aliphatic hydroxyl groups is 1. The molecule has 3 heteroatoms. The minimum atomic E-state index is -1.01. The van der Waals surface area contributed by atoms with Gasteiger partial charge in [-0.2, -0.15) is 0 Å². The Bertz CT molecular complexity index is 235. The fraction of sp³-hybridized carbons (Fsp3) is 0.727. The van der Waals surface area contributed by atoms with Gasteiger partial charge in [-0.05, 0) is 32.6 Å². The molecule has 0 bridgehead atoms. The van der Waals surface area contributed by atoms with E-state index in [1.165, 1.54) is 7.11 Å². The van der Waals surface area contributed by atoms with Crippen LogP contribution in [-0.4, -0.2) is 23.8 Å². The molecule has 3 nitrogen and oxygen atoms in total. The molecule has 0 aromatic heterocycles. The van der Waals surface area contributed by atoms with Crippen molar-refractivity contribution in [3.8, 4) is 0 Å². The number of carbonyl (C=O) groups excluding carboxylic acids is 1. The highest BCUT2D eigenvalue weighted by Crippen LogP contribution is 2.29. The summed E-state index contributed by atoms with van der Waals surface area (Å²) >= 11 is 0. The molecule has 1 rings (SSSR count). The van der Waals surface area contributed by atoms with Crippen molar-refractivity contribution in [2.24, 2.45) is 5.92 Å². The number of esters is 1. The van der Waals surface area contributed by atoms with Crippen molar-refractivity contribution >= 4 is 5.97 Å². The van der Waals surface area contributed by atoms with Crippen LogP contribution in [-0.2, 0) is 9.53 Å². The van der Waals surface area contributed by atoms with E-state index in [4.69, 9.17) is 0 Å². The lowest BCUT2D eigenvalue weighted by Gasteiger charge is -2.28. The lowest BCUT2D eigenvalue weighted by molar-refractivity contribution is -0.152. The van der Waals surface area contributed by atoms with Gasteiger partial charge in [0.1, 0.15) is 0 Å². The SMILES string of the molecule is COC(=O)C(C)C1(O)C=CCCCC1. The zero-order valence-electron chi connectivity index (χ0n) is 8.82. The van der Waals surface area contributed by atoms with Gasteiger partial charge in [0.25, 0.3) is 0 Å². The van der Waals surface area contributed by atoms with Crippen molar-refractivity contribution in [1.82, 2.24) is 0 Å². The average molecular weight is 198 g/mol. The third-order valence-electron chi connectivity index (χ3n) is 2.91. The molecule has 80 valence electrons. The fourth-order valence-electron chi connectivity index (χ4n) is 1.78. The van der Waals surface area contributed by atoms with E-state index in [2.05, 4.69) is 4.74 Å². The third-order valence-corrected chi connectivity index (χ3v) is 2.91. The minimum Gasteiger partial charge on any atom is -0.469 e. The van der Waals surface area contributed by atoms with Crippen LogP contribution in [0.4, 0.5) is 0 Å². The normalized spacial score (nSPS) is 29.4. The van der Waals surface area contributed by atoms with Crippen LogP contribution in [0.2, 0.25) is 0 Å². The van der Waals surface area contributed by atoms with Crippen LogP contribution in [0.5, 0.6) is 0 Å². The standard InChI is InChI=1S/C11H18O3/c1-9(10(12)14-2)11(13)7-5-3-4-6-8-11/h5,7,9,13H,3-4,6,8H2,1-2H3. The molecule has 14 heavy (non-hydrogen) atoms. The lowest BCUT2D eigenvalue weighted by atomic mass is 9.85. The maximum atomic E-state index is 11.3. The van der Waals surface area contributed by atoms with Crippen molar-refractivity contribution in [2.75, 3.05) is 7.11 Å². The number of rotatable bonds is 2. The molecule has 0 saturated carbocycles. The van der Waals surface area contributed by atoms with E-state index in [0.717, 1.165) is 19.3 Å². The fourth-order valence-corrected chi connectivity index (χ4v) is 1.78. The van der Waals surface area contributed by atoms with E-state index in [1.807, 2.05) is 6.08 Å². The van der Waals surface area contributed by atoms with Crippen molar-refractivity contribution in [3.63, 3.8) is 0 Å². The summed E-state index contributed by atoms with van der Waals surface area (Å²) < 4.78 is 4.64. The van der Waals surface area contributed by atoms with Crippen LogP contribution in [0.3, 0.4) is 0 Å². The molecule has 1 aliphatic rings. The Morgan fingerprint density at radius 2 is 2.29 bits per heavy atom. The predicted molar refractivity (Wildman–Crippen MR) is 53.7 cm³/mol. The predicted octanol–water partition coefficient (Wildman–Crippen LogP) is 1.66. The van der Waals surface area contributed by atoms with Gasteiger partial charge in [0, 0.05) is 0 Å². The number of carbonyl (C=O) groups is 1. The summed E-state index contributed by atoms with van der Waals surface area (Å²) in [6, 6.07) is 0. The largest absolute Gasteiger partial charge is 0.469 e. The van der Waals surface area contributed by atoms with Crippen molar-refractivity contribution in [2.45, 2.75) is 38.2 Å². The molecule has 0 amide bonds. The molecule has 0 aromatic rings. The Morgan fingerprint density at radius 1 is 1.57 bits per heavy atom. The number of ether oxygens (including phenoxy) is 1. The van der Waals surface area contributed by atoms with Gasteiger partial charge in [-0.15, -0.1) is 0 Å². The molecule has 1 aliphatic carbocycles. The third kappa shape index (κ3) is 2.35. The van der Waals surface area contributed by atoms with Gasteiger partial charge >= 0.3 is 5.97 Å². The highest BCUT2D eigenvalue weighted by atomic mass is 16.5. The average Bonchev–Trinajstić information content (AvgIpc) is 2.41. The second-order valence-electron chi connectivity index (χ2n) is 3.88. The summed E-state index contributed by atoms with van der Waals surface area (Å²) in [5.74, 6) is -0.832. The molecule has 0 fully saturated rings. The van der Waals surface area contributed by atoms with Gasteiger partial charge in [-0.3, -0.25) is 4.79 Å². The van der Waals surface area contributed by atoms with E-state index in [1.54, 1.807) is 13.0 Å². The highest BCUT2D eigenvalue weighted by Gasteiger charge is 2.36. The van der Waals surface area contributed by atoms with Crippen LogP contribution in [0, 0.1) is 5.92 Å². The lowest BCUT2D eigenvalue weighted by Crippen LogP contribution is -2.39. The molecule has 0 radical (unpaired) electrons. The van der Waals surface area contributed by atoms with Gasteiger partial charge in [-0.1, -0.05) is 12.2 Å². The van der Waals surface area contributed by atoms with Gasteiger partial charge < -0.3 is 9.84 Å². The molecular formula is C11H18O3. The molecule has 1 N–H and O–H groups in total. The Labute approximate surface area is 84.8 Å². The van der Waals surface area contributed by atoms with Crippen molar-refractivity contribution in [3.05, 3.63) is 12.2 Å². The molecule has 0 aromatic carbocycles. The molecule has 2 atom stereocenters. The summed E-state index contributed by atoms with van der Waals surface area (Å²) in [6.07, 6.45) is 7.35. The second-order valence-corrected chi connectivity index (χ2v) is 3.88. The van der Waals surface area contributed by atoms with E-state index in [0.29, 0.717) is 6.42 Å². The first kappa shape index (κ1) is 11.2. The summed E-state index contributed by atoms with van der Waals surface area (Å²) in [7, 11) is 1.35. The topological polar surface area (TPSA) is 46.5 Å². The zero-order valence-corrected chi connectivity index (χ0v) is 8.82. The molecule has 2 unspecified atom stereocenters. The Hall–Kier alpha value is -0.830. The second kappa shape index (κ2) is 4.60. The molecule has 0 saturated heterocycles. The Kier molecular flexibility index (Phi) is 3.69. The van der Waals surface area contributed by atoms with Gasteiger partial charge in [0.05, 0.1) is 18.6 Å². The summed E-state index contributed by atoms with van der Waals surface area (Å²) in [6.45, 7) is 1.71. The monoisotopic (exact) mass is 198 g/mol.